The van der Waals surface area contributed by atoms with Gasteiger partial charge in [0.1, 0.15) is 0 Å². The monoisotopic (exact) mass is 262 g/mol. The normalized spacial score (nSPS) is 31.1. The second-order valence-corrected chi connectivity index (χ2v) is 6.26. The van der Waals surface area contributed by atoms with Crippen molar-refractivity contribution in [2.24, 2.45) is 18.9 Å². The maximum Gasteiger partial charge on any atom is 0.0641 e. The lowest BCUT2D eigenvalue weighted by Crippen LogP contribution is -2.34. The zero-order chi connectivity index (χ0) is 13.6. The number of hydrogen-bond acceptors (Lipinski definition) is 3. The summed E-state index contributed by atoms with van der Waals surface area (Å²) in [6, 6.07) is 0.749. The van der Waals surface area contributed by atoms with Crippen LogP contribution in [-0.2, 0) is 13.6 Å². The highest BCUT2D eigenvalue weighted by Gasteiger charge is 2.43. The summed E-state index contributed by atoms with van der Waals surface area (Å²) in [5, 5.41) is 8.11. The molecular weight excluding hydrogens is 236 g/mol. The average Bonchev–Trinajstić information content (AvgIpc) is 2.99. The molecule has 2 fully saturated rings. The third-order valence-electron chi connectivity index (χ3n) is 5.26. The Kier molecular flexibility index (Phi) is 3.39. The number of aromatic nitrogens is 2. The van der Waals surface area contributed by atoms with Crippen molar-refractivity contribution < 1.29 is 0 Å². The van der Waals surface area contributed by atoms with Crippen molar-refractivity contribution in [3.63, 3.8) is 0 Å². The molecule has 0 bridgehead atoms. The van der Waals surface area contributed by atoms with Crippen LogP contribution in [0.2, 0.25) is 0 Å². The molecule has 0 amide bonds. The summed E-state index contributed by atoms with van der Waals surface area (Å²) in [4.78, 5) is 2.70. The third kappa shape index (κ3) is 2.11. The molecule has 0 aromatic carbocycles. The number of nitrogens with one attached hydrogen (secondary N) is 1. The van der Waals surface area contributed by atoms with E-state index in [2.05, 4.69) is 36.1 Å². The second kappa shape index (κ2) is 4.91. The first-order valence-corrected chi connectivity index (χ1v) is 7.55. The first-order valence-electron chi connectivity index (χ1n) is 7.55. The molecule has 4 nitrogen and oxygen atoms in total. The summed E-state index contributed by atoms with van der Waals surface area (Å²) in [6.07, 6.45) is 1.27. The van der Waals surface area contributed by atoms with Gasteiger partial charge in [-0.25, -0.2) is 0 Å². The molecule has 19 heavy (non-hydrogen) atoms. The second-order valence-electron chi connectivity index (χ2n) is 6.26. The molecule has 2 aliphatic rings. The SMILES string of the molecule is CCC1C2CNCC2CN1Cc1c(C)nn(C)c1C. The Labute approximate surface area is 116 Å². The fraction of sp³-hybridized carbons (Fsp3) is 0.800. The Hall–Kier alpha value is -0.870. The van der Waals surface area contributed by atoms with E-state index in [9.17, 15) is 0 Å². The summed E-state index contributed by atoms with van der Waals surface area (Å²) in [7, 11) is 2.05. The minimum absolute atomic E-state index is 0.749. The van der Waals surface area contributed by atoms with E-state index >= 15 is 0 Å². The van der Waals surface area contributed by atoms with Gasteiger partial charge in [0.25, 0.3) is 0 Å². The van der Waals surface area contributed by atoms with Gasteiger partial charge in [0.05, 0.1) is 5.69 Å². The predicted molar refractivity (Wildman–Crippen MR) is 77.0 cm³/mol. The molecule has 2 saturated heterocycles. The molecule has 3 heterocycles. The molecule has 3 rings (SSSR count). The van der Waals surface area contributed by atoms with Crippen LogP contribution in [0.4, 0.5) is 0 Å². The largest absolute Gasteiger partial charge is 0.316 e. The Morgan fingerprint density at radius 2 is 2.11 bits per heavy atom. The van der Waals surface area contributed by atoms with E-state index < -0.39 is 0 Å². The molecule has 0 aliphatic carbocycles. The molecule has 2 aliphatic heterocycles. The number of rotatable bonds is 3. The van der Waals surface area contributed by atoms with Crippen molar-refractivity contribution in [2.45, 2.75) is 39.8 Å². The Morgan fingerprint density at radius 1 is 1.32 bits per heavy atom. The quantitative estimate of drug-likeness (QED) is 0.895. The van der Waals surface area contributed by atoms with Gasteiger partial charge in [0, 0.05) is 37.4 Å². The lowest BCUT2D eigenvalue weighted by Gasteiger charge is -2.26. The van der Waals surface area contributed by atoms with Crippen molar-refractivity contribution in [2.75, 3.05) is 19.6 Å². The summed E-state index contributed by atoms with van der Waals surface area (Å²) in [6.45, 7) is 11.4. The van der Waals surface area contributed by atoms with Crippen LogP contribution in [0.25, 0.3) is 0 Å². The number of nitrogens with zero attached hydrogens (tertiary/aromatic N) is 3. The maximum absolute atomic E-state index is 4.55. The minimum atomic E-state index is 0.749. The lowest BCUT2D eigenvalue weighted by atomic mass is 9.93. The summed E-state index contributed by atoms with van der Waals surface area (Å²) < 4.78 is 2.02. The fourth-order valence-electron chi connectivity index (χ4n) is 4.10. The number of hydrogen-bond donors (Lipinski definition) is 1. The van der Waals surface area contributed by atoms with Gasteiger partial charge in [-0.3, -0.25) is 9.58 Å². The standard InChI is InChI=1S/C15H26N4/c1-5-15-13-7-16-6-12(13)8-19(15)9-14-10(2)17-18(4)11(14)3/h12-13,15-16H,5-9H2,1-4H3. The average molecular weight is 262 g/mol. The van der Waals surface area contributed by atoms with Gasteiger partial charge >= 0.3 is 0 Å². The molecule has 1 aromatic rings. The number of likely N-dealkylation sites (tertiary alicyclic amines) is 1. The third-order valence-corrected chi connectivity index (χ3v) is 5.26. The molecule has 1 aromatic heterocycles. The first-order chi connectivity index (χ1) is 9.11. The van der Waals surface area contributed by atoms with E-state index in [1.54, 1.807) is 0 Å². The van der Waals surface area contributed by atoms with E-state index in [1.165, 1.54) is 43.0 Å². The van der Waals surface area contributed by atoms with E-state index in [4.69, 9.17) is 0 Å². The highest BCUT2D eigenvalue weighted by atomic mass is 15.3. The molecule has 0 radical (unpaired) electrons. The van der Waals surface area contributed by atoms with Crippen LogP contribution in [0.1, 0.15) is 30.3 Å². The Bertz CT molecular complexity index is 465. The number of fused-ring (bicyclic) bond motifs is 1. The molecule has 1 N–H and O–H groups in total. The smallest absolute Gasteiger partial charge is 0.0641 e. The van der Waals surface area contributed by atoms with Gasteiger partial charge in [-0.1, -0.05) is 6.92 Å². The topological polar surface area (TPSA) is 33.1 Å². The van der Waals surface area contributed by atoms with E-state index in [0.717, 1.165) is 24.4 Å². The Balaban J connectivity index is 1.79. The van der Waals surface area contributed by atoms with Gasteiger partial charge in [0.15, 0.2) is 0 Å². The molecule has 3 unspecified atom stereocenters. The van der Waals surface area contributed by atoms with Crippen LogP contribution >= 0.6 is 0 Å². The van der Waals surface area contributed by atoms with Crippen LogP contribution in [0, 0.1) is 25.7 Å². The van der Waals surface area contributed by atoms with Gasteiger partial charge in [-0.2, -0.15) is 5.10 Å². The van der Waals surface area contributed by atoms with E-state index in [0.29, 0.717) is 0 Å². The van der Waals surface area contributed by atoms with Gasteiger partial charge in [0.2, 0.25) is 0 Å². The van der Waals surface area contributed by atoms with E-state index in [-0.39, 0.29) is 0 Å². The van der Waals surface area contributed by atoms with Crippen molar-refractivity contribution in [3.05, 3.63) is 17.0 Å². The summed E-state index contributed by atoms with van der Waals surface area (Å²) >= 11 is 0. The Morgan fingerprint density at radius 3 is 2.74 bits per heavy atom. The molecular formula is C15H26N4. The van der Waals surface area contributed by atoms with Crippen molar-refractivity contribution in [1.29, 1.82) is 0 Å². The first kappa shape index (κ1) is 13.1. The summed E-state index contributed by atoms with van der Waals surface area (Å²) in [5.74, 6) is 1.73. The molecule has 4 heteroatoms. The fourth-order valence-corrected chi connectivity index (χ4v) is 4.10. The maximum atomic E-state index is 4.55. The highest BCUT2D eigenvalue weighted by molar-refractivity contribution is 5.24. The van der Waals surface area contributed by atoms with Crippen LogP contribution in [0.15, 0.2) is 0 Å². The van der Waals surface area contributed by atoms with Crippen LogP contribution in [0.5, 0.6) is 0 Å². The van der Waals surface area contributed by atoms with Gasteiger partial charge in [-0.05, 0) is 45.2 Å². The zero-order valence-electron chi connectivity index (χ0n) is 12.6. The molecule has 106 valence electrons. The van der Waals surface area contributed by atoms with Crippen LogP contribution in [-0.4, -0.2) is 40.4 Å². The predicted octanol–water partition coefficient (Wildman–Crippen LogP) is 1.47. The zero-order valence-corrected chi connectivity index (χ0v) is 12.6. The molecule has 0 spiro atoms. The minimum Gasteiger partial charge on any atom is -0.316 e. The lowest BCUT2D eigenvalue weighted by molar-refractivity contribution is 0.209. The van der Waals surface area contributed by atoms with Gasteiger partial charge < -0.3 is 5.32 Å². The van der Waals surface area contributed by atoms with Crippen LogP contribution in [0.3, 0.4) is 0 Å². The van der Waals surface area contributed by atoms with E-state index in [1.807, 2.05) is 11.7 Å². The summed E-state index contributed by atoms with van der Waals surface area (Å²) in [5.41, 5.74) is 3.96. The van der Waals surface area contributed by atoms with Gasteiger partial charge in [-0.15, -0.1) is 0 Å². The van der Waals surface area contributed by atoms with Crippen LogP contribution < -0.4 is 5.32 Å². The van der Waals surface area contributed by atoms with Crippen molar-refractivity contribution >= 4 is 0 Å². The number of aryl methyl sites for hydroxylation is 2. The van der Waals surface area contributed by atoms with Crippen molar-refractivity contribution in [3.8, 4) is 0 Å². The molecule has 3 atom stereocenters. The molecule has 0 saturated carbocycles. The van der Waals surface area contributed by atoms with Crippen molar-refractivity contribution in [1.82, 2.24) is 20.0 Å². The highest BCUT2D eigenvalue weighted by Crippen LogP contribution is 2.35.